The van der Waals surface area contributed by atoms with Crippen LogP contribution in [0.1, 0.15) is 18.7 Å². The molecule has 96 valence electrons. The maximum Gasteiger partial charge on any atom is 0.283 e. The van der Waals surface area contributed by atoms with Crippen molar-refractivity contribution in [2.45, 2.75) is 25.4 Å². The summed E-state index contributed by atoms with van der Waals surface area (Å²) in [6.45, 7) is 1.72. The third-order valence-corrected chi connectivity index (χ3v) is 3.25. The molecule has 0 spiro atoms. The highest BCUT2D eigenvalue weighted by atomic mass is 16.4. The third kappa shape index (κ3) is 2.16. The first-order chi connectivity index (χ1) is 8.86. The van der Waals surface area contributed by atoms with Gasteiger partial charge >= 0.3 is 0 Å². The zero-order chi connectivity index (χ0) is 12.4. The van der Waals surface area contributed by atoms with Crippen molar-refractivity contribution in [1.82, 2.24) is 15.1 Å². The molecule has 18 heavy (non-hydrogen) atoms. The van der Waals surface area contributed by atoms with Crippen LogP contribution in [0.3, 0.4) is 0 Å². The minimum atomic E-state index is 0.180. The quantitative estimate of drug-likeness (QED) is 0.879. The fourth-order valence-electron chi connectivity index (χ4n) is 2.30. The predicted molar refractivity (Wildman–Crippen MR) is 62.5 cm³/mol. The molecule has 3 rings (SSSR count). The lowest BCUT2D eigenvalue weighted by molar-refractivity contribution is 0.144. The summed E-state index contributed by atoms with van der Waals surface area (Å²) < 4.78 is 10.7. The van der Waals surface area contributed by atoms with Gasteiger partial charge in [-0.1, -0.05) is 0 Å². The standard InChI is InChI=1S/C12H15N3O3/c16-8-9-3-1-5-15(9)7-11-13-14-12(18-11)10-4-2-6-17-10/h2,4,6,9,16H,1,3,5,7-8H2/t9-/m1/s1. The first-order valence-electron chi connectivity index (χ1n) is 6.08. The van der Waals surface area contributed by atoms with E-state index in [2.05, 4.69) is 15.1 Å². The molecule has 0 bridgehead atoms. The summed E-state index contributed by atoms with van der Waals surface area (Å²) in [5.41, 5.74) is 0. The summed E-state index contributed by atoms with van der Waals surface area (Å²) in [7, 11) is 0. The predicted octanol–water partition coefficient (Wildman–Crippen LogP) is 1.29. The first kappa shape index (κ1) is 11.4. The number of aliphatic hydroxyl groups is 1. The molecule has 2 aromatic rings. The molecular formula is C12H15N3O3. The molecule has 6 heteroatoms. The van der Waals surface area contributed by atoms with Crippen LogP contribution in [0.15, 0.2) is 27.2 Å². The van der Waals surface area contributed by atoms with Gasteiger partial charge in [-0.3, -0.25) is 4.90 Å². The molecule has 0 aromatic carbocycles. The van der Waals surface area contributed by atoms with Crippen LogP contribution in [0, 0.1) is 0 Å². The minimum Gasteiger partial charge on any atom is -0.459 e. The van der Waals surface area contributed by atoms with E-state index in [1.165, 1.54) is 0 Å². The Morgan fingerprint density at radius 3 is 3.17 bits per heavy atom. The number of aromatic nitrogens is 2. The van der Waals surface area contributed by atoms with Gasteiger partial charge in [-0.15, -0.1) is 10.2 Å². The maximum atomic E-state index is 9.25. The molecule has 0 radical (unpaired) electrons. The summed E-state index contributed by atoms with van der Waals surface area (Å²) in [4.78, 5) is 2.17. The largest absolute Gasteiger partial charge is 0.459 e. The Morgan fingerprint density at radius 2 is 2.39 bits per heavy atom. The van der Waals surface area contributed by atoms with Crippen molar-refractivity contribution in [2.24, 2.45) is 0 Å². The van der Waals surface area contributed by atoms with Gasteiger partial charge in [0.15, 0.2) is 5.76 Å². The van der Waals surface area contributed by atoms with Crippen LogP contribution in [-0.4, -0.2) is 39.4 Å². The maximum absolute atomic E-state index is 9.25. The van der Waals surface area contributed by atoms with Gasteiger partial charge in [-0.05, 0) is 31.5 Å². The van der Waals surface area contributed by atoms with E-state index in [-0.39, 0.29) is 12.6 Å². The van der Waals surface area contributed by atoms with Gasteiger partial charge in [-0.25, -0.2) is 0 Å². The zero-order valence-electron chi connectivity index (χ0n) is 9.95. The SMILES string of the molecule is OC[C@H]1CCCN1Cc1nnc(-c2ccco2)o1. The van der Waals surface area contributed by atoms with Gasteiger partial charge in [0.05, 0.1) is 19.4 Å². The van der Waals surface area contributed by atoms with Crippen molar-refractivity contribution >= 4 is 0 Å². The average Bonchev–Trinajstić information content (AvgIpc) is 3.10. The Bertz CT molecular complexity index is 494. The highest BCUT2D eigenvalue weighted by Crippen LogP contribution is 2.22. The highest BCUT2D eigenvalue weighted by Gasteiger charge is 2.25. The summed E-state index contributed by atoms with van der Waals surface area (Å²) in [6, 6.07) is 3.77. The van der Waals surface area contributed by atoms with E-state index >= 15 is 0 Å². The Kier molecular flexibility index (Phi) is 3.12. The molecule has 1 aliphatic heterocycles. The molecule has 0 saturated carbocycles. The molecule has 0 unspecified atom stereocenters. The summed E-state index contributed by atoms with van der Waals surface area (Å²) in [6.07, 6.45) is 3.70. The number of furan rings is 1. The van der Waals surface area contributed by atoms with Crippen LogP contribution in [0.5, 0.6) is 0 Å². The van der Waals surface area contributed by atoms with Gasteiger partial charge in [0.1, 0.15) is 0 Å². The van der Waals surface area contributed by atoms with Crippen molar-refractivity contribution in [3.05, 3.63) is 24.3 Å². The van der Waals surface area contributed by atoms with Gasteiger partial charge < -0.3 is 13.9 Å². The van der Waals surface area contributed by atoms with Gasteiger partial charge in [0.25, 0.3) is 5.89 Å². The molecule has 1 aliphatic rings. The molecule has 1 fully saturated rings. The van der Waals surface area contributed by atoms with E-state index in [0.29, 0.717) is 24.1 Å². The number of hydrogen-bond donors (Lipinski definition) is 1. The molecule has 1 N–H and O–H groups in total. The normalized spacial score (nSPS) is 20.6. The summed E-state index contributed by atoms with van der Waals surface area (Å²) in [5, 5.41) is 17.2. The van der Waals surface area contributed by atoms with E-state index in [4.69, 9.17) is 8.83 Å². The average molecular weight is 249 g/mol. The first-order valence-corrected chi connectivity index (χ1v) is 6.08. The Hall–Kier alpha value is -1.66. The Balaban J connectivity index is 1.70. The second-order valence-corrected chi connectivity index (χ2v) is 4.43. The van der Waals surface area contributed by atoms with Crippen LogP contribution in [0.4, 0.5) is 0 Å². The van der Waals surface area contributed by atoms with Crippen LogP contribution >= 0.6 is 0 Å². The van der Waals surface area contributed by atoms with E-state index in [9.17, 15) is 5.11 Å². The molecule has 0 aliphatic carbocycles. The van der Waals surface area contributed by atoms with E-state index in [1.54, 1.807) is 18.4 Å². The van der Waals surface area contributed by atoms with E-state index in [1.807, 2.05) is 0 Å². The van der Waals surface area contributed by atoms with Gasteiger partial charge in [0.2, 0.25) is 5.89 Å². The van der Waals surface area contributed by atoms with Crippen molar-refractivity contribution in [1.29, 1.82) is 0 Å². The molecule has 2 aromatic heterocycles. The number of aliphatic hydroxyl groups excluding tert-OH is 1. The van der Waals surface area contributed by atoms with Gasteiger partial charge in [0, 0.05) is 6.04 Å². The third-order valence-electron chi connectivity index (χ3n) is 3.25. The van der Waals surface area contributed by atoms with Crippen LogP contribution in [-0.2, 0) is 6.54 Å². The summed E-state index contributed by atoms with van der Waals surface area (Å²) >= 11 is 0. The number of likely N-dealkylation sites (tertiary alicyclic amines) is 1. The second kappa shape index (κ2) is 4.91. The Labute approximate surface area is 104 Å². The van der Waals surface area contributed by atoms with Crippen molar-refractivity contribution < 1.29 is 13.9 Å². The molecular weight excluding hydrogens is 234 g/mol. The van der Waals surface area contributed by atoms with E-state index in [0.717, 1.165) is 19.4 Å². The van der Waals surface area contributed by atoms with E-state index < -0.39 is 0 Å². The highest BCUT2D eigenvalue weighted by molar-refractivity contribution is 5.42. The molecule has 3 heterocycles. The van der Waals surface area contributed by atoms with Crippen molar-refractivity contribution in [3.8, 4) is 11.7 Å². The lowest BCUT2D eigenvalue weighted by atomic mass is 10.2. The van der Waals surface area contributed by atoms with Gasteiger partial charge in [-0.2, -0.15) is 0 Å². The Morgan fingerprint density at radius 1 is 1.44 bits per heavy atom. The number of nitrogens with zero attached hydrogens (tertiary/aromatic N) is 3. The monoisotopic (exact) mass is 249 g/mol. The number of hydrogen-bond acceptors (Lipinski definition) is 6. The van der Waals surface area contributed by atoms with Crippen molar-refractivity contribution in [3.63, 3.8) is 0 Å². The smallest absolute Gasteiger partial charge is 0.283 e. The molecule has 1 saturated heterocycles. The zero-order valence-corrected chi connectivity index (χ0v) is 9.95. The van der Waals surface area contributed by atoms with Crippen LogP contribution in [0.2, 0.25) is 0 Å². The fraction of sp³-hybridized carbons (Fsp3) is 0.500. The molecule has 1 atom stereocenters. The van der Waals surface area contributed by atoms with Crippen LogP contribution < -0.4 is 0 Å². The second-order valence-electron chi connectivity index (χ2n) is 4.43. The summed E-state index contributed by atoms with van der Waals surface area (Å²) in [5.74, 6) is 1.53. The van der Waals surface area contributed by atoms with Crippen LogP contribution in [0.25, 0.3) is 11.7 Å². The fourth-order valence-corrected chi connectivity index (χ4v) is 2.30. The minimum absolute atomic E-state index is 0.180. The lowest BCUT2D eigenvalue weighted by Gasteiger charge is -2.20. The van der Waals surface area contributed by atoms with Crippen molar-refractivity contribution in [2.75, 3.05) is 13.2 Å². The molecule has 6 nitrogen and oxygen atoms in total. The molecule has 0 amide bonds. The lowest BCUT2D eigenvalue weighted by Crippen LogP contribution is -2.31. The number of rotatable bonds is 4. The topological polar surface area (TPSA) is 75.5 Å².